The number of anilines is 1. The van der Waals surface area contributed by atoms with Gasteiger partial charge in [0.05, 0.1) is 13.2 Å². The Bertz CT molecular complexity index is 467. The number of ether oxygens (including phenoxy) is 1. The molecule has 5 nitrogen and oxygen atoms in total. The molecule has 0 bridgehead atoms. The van der Waals surface area contributed by atoms with E-state index in [-0.39, 0.29) is 0 Å². The van der Waals surface area contributed by atoms with Crippen molar-refractivity contribution in [1.29, 1.82) is 0 Å². The highest BCUT2D eigenvalue weighted by molar-refractivity contribution is 5.28. The van der Waals surface area contributed by atoms with Crippen molar-refractivity contribution >= 4 is 5.95 Å². The lowest BCUT2D eigenvalue weighted by atomic mass is 10.2. The van der Waals surface area contributed by atoms with Gasteiger partial charge in [-0.3, -0.25) is 0 Å². The lowest BCUT2D eigenvalue weighted by molar-refractivity contribution is 0.340. The molecule has 2 rings (SSSR count). The van der Waals surface area contributed by atoms with Gasteiger partial charge in [0.25, 0.3) is 0 Å². The zero-order valence-corrected chi connectivity index (χ0v) is 9.13. The minimum absolute atomic E-state index is 0.293. The number of nitrogens with zero attached hydrogens (tertiary/aromatic N) is 3. The number of hydrogen-bond donors (Lipinski definition) is 1. The zero-order chi connectivity index (χ0) is 11.4. The molecule has 0 spiro atoms. The predicted molar refractivity (Wildman–Crippen MR) is 61.1 cm³/mol. The van der Waals surface area contributed by atoms with Crippen LogP contribution in [0.2, 0.25) is 0 Å². The second-order valence-electron chi connectivity index (χ2n) is 3.38. The largest absolute Gasteiger partial charge is 0.494 e. The molecule has 0 aliphatic rings. The number of benzene rings is 1. The third kappa shape index (κ3) is 2.50. The van der Waals surface area contributed by atoms with Crippen LogP contribution in [-0.2, 0) is 6.54 Å². The third-order valence-electron chi connectivity index (χ3n) is 2.11. The van der Waals surface area contributed by atoms with Gasteiger partial charge in [-0.25, -0.2) is 9.67 Å². The molecule has 0 unspecified atom stereocenters. The van der Waals surface area contributed by atoms with Gasteiger partial charge in [-0.05, 0) is 24.6 Å². The minimum Gasteiger partial charge on any atom is -0.494 e. The monoisotopic (exact) mass is 218 g/mol. The van der Waals surface area contributed by atoms with E-state index in [1.807, 2.05) is 31.2 Å². The summed E-state index contributed by atoms with van der Waals surface area (Å²) in [6.07, 6.45) is 1.61. The van der Waals surface area contributed by atoms with E-state index in [4.69, 9.17) is 10.5 Å². The Morgan fingerprint density at radius 2 is 2.31 bits per heavy atom. The Morgan fingerprint density at radius 1 is 1.44 bits per heavy atom. The van der Waals surface area contributed by atoms with Crippen LogP contribution in [0.4, 0.5) is 5.95 Å². The van der Waals surface area contributed by atoms with Crippen LogP contribution in [0, 0.1) is 0 Å². The van der Waals surface area contributed by atoms with Gasteiger partial charge in [-0.15, -0.1) is 5.10 Å². The second-order valence-corrected chi connectivity index (χ2v) is 3.38. The molecule has 0 aliphatic heterocycles. The van der Waals surface area contributed by atoms with Crippen molar-refractivity contribution < 1.29 is 4.74 Å². The zero-order valence-electron chi connectivity index (χ0n) is 9.13. The fraction of sp³-hybridized carbons (Fsp3) is 0.273. The molecule has 1 aromatic heterocycles. The van der Waals surface area contributed by atoms with Gasteiger partial charge < -0.3 is 10.5 Å². The molecule has 2 N–H and O–H groups in total. The Kier molecular flexibility index (Phi) is 3.05. The normalized spacial score (nSPS) is 10.3. The van der Waals surface area contributed by atoms with E-state index in [1.54, 1.807) is 11.0 Å². The molecule has 0 radical (unpaired) electrons. The van der Waals surface area contributed by atoms with E-state index in [1.165, 1.54) is 0 Å². The van der Waals surface area contributed by atoms with Crippen LogP contribution in [0.15, 0.2) is 30.6 Å². The van der Waals surface area contributed by atoms with E-state index >= 15 is 0 Å². The maximum Gasteiger partial charge on any atom is 0.239 e. The van der Waals surface area contributed by atoms with Gasteiger partial charge >= 0.3 is 0 Å². The lowest BCUT2D eigenvalue weighted by Gasteiger charge is -2.05. The molecule has 0 fully saturated rings. The summed E-state index contributed by atoms with van der Waals surface area (Å²) in [6, 6.07) is 7.89. The van der Waals surface area contributed by atoms with Crippen LogP contribution < -0.4 is 10.5 Å². The predicted octanol–water partition coefficient (Wildman–Crippen LogP) is 1.31. The Balaban J connectivity index is 2.12. The average molecular weight is 218 g/mol. The summed E-state index contributed by atoms with van der Waals surface area (Å²) in [6.45, 7) is 3.27. The lowest BCUT2D eigenvalue weighted by Crippen LogP contribution is -2.01. The standard InChI is InChI=1S/C11H14N4O/c1-2-16-10-5-3-4-9(6-10)7-15-8-13-11(12)14-15/h3-6,8H,2,7H2,1H3,(H2,12,14). The first-order valence-corrected chi connectivity index (χ1v) is 5.14. The van der Waals surface area contributed by atoms with Crippen LogP contribution in [0.25, 0.3) is 0 Å². The molecular weight excluding hydrogens is 204 g/mol. The molecule has 0 saturated heterocycles. The van der Waals surface area contributed by atoms with Gasteiger partial charge in [0.15, 0.2) is 0 Å². The third-order valence-corrected chi connectivity index (χ3v) is 2.11. The summed E-state index contributed by atoms with van der Waals surface area (Å²) in [5, 5.41) is 4.02. The van der Waals surface area contributed by atoms with Gasteiger partial charge in [0, 0.05) is 0 Å². The highest BCUT2D eigenvalue weighted by atomic mass is 16.5. The first-order chi connectivity index (χ1) is 7.78. The van der Waals surface area contributed by atoms with E-state index < -0.39 is 0 Å². The summed E-state index contributed by atoms with van der Waals surface area (Å²) in [7, 11) is 0. The summed E-state index contributed by atoms with van der Waals surface area (Å²) < 4.78 is 7.11. The summed E-state index contributed by atoms with van der Waals surface area (Å²) >= 11 is 0. The van der Waals surface area contributed by atoms with Crippen LogP contribution in [0.3, 0.4) is 0 Å². The maximum absolute atomic E-state index is 5.44. The molecule has 1 aromatic carbocycles. The highest BCUT2D eigenvalue weighted by Crippen LogP contribution is 2.13. The number of rotatable bonds is 4. The van der Waals surface area contributed by atoms with E-state index in [2.05, 4.69) is 10.1 Å². The second kappa shape index (κ2) is 4.65. The molecule has 0 amide bonds. The van der Waals surface area contributed by atoms with Crippen molar-refractivity contribution in [3.05, 3.63) is 36.2 Å². The molecule has 0 aliphatic carbocycles. The van der Waals surface area contributed by atoms with Crippen molar-refractivity contribution in [1.82, 2.24) is 14.8 Å². The van der Waals surface area contributed by atoms with Gasteiger partial charge in [0.1, 0.15) is 12.1 Å². The maximum atomic E-state index is 5.44. The first-order valence-electron chi connectivity index (χ1n) is 5.14. The molecule has 5 heteroatoms. The minimum atomic E-state index is 0.293. The molecule has 0 atom stereocenters. The SMILES string of the molecule is CCOc1cccc(Cn2cnc(N)n2)c1. The smallest absolute Gasteiger partial charge is 0.239 e. The fourth-order valence-electron chi connectivity index (χ4n) is 1.47. The van der Waals surface area contributed by atoms with E-state index in [9.17, 15) is 0 Å². The van der Waals surface area contributed by atoms with Crippen molar-refractivity contribution in [2.45, 2.75) is 13.5 Å². The van der Waals surface area contributed by atoms with Crippen LogP contribution in [0.5, 0.6) is 5.75 Å². The van der Waals surface area contributed by atoms with Crippen molar-refractivity contribution in [3.8, 4) is 5.75 Å². The number of hydrogen-bond acceptors (Lipinski definition) is 4. The van der Waals surface area contributed by atoms with Crippen molar-refractivity contribution in [2.75, 3.05) is 12.3 Å². The topological polar surface area (TPSA) is 66.0 Å². The van der Waals surface area contributed by atoms with Gasteiger partial charge in [-0.1, -0.05) is 12.1 Å². The Labute approximate surface area is 93.9 Å². The molecule has 16 heavy (non-hydrogen) atoms. The van der Waals surface area contributed by atoms with Crippen LogP contribution >= 0.6 is 0 Å². The quantitative estimate of drug-likeness (QED) is 0.840. The van der Waals surface area contributed by atoms with E-state index in [0.29, 0.717) is 19.1 Å². The first kappa shape index (κ1) is 10.5. The molecule has 0 saturated carbocycles. The molecular formula is C11H14N4O. The summed E-state index contributed by atoms with van der Waals surface area (Å²) in [5.41, 5.74) is 6.55. The Hall–Kier alpha value is -2.04. The number of aromatic nitrogens is 3. The molecule has 1 heterocycles. The number of nitrogens with two attached hydrogens (primary N) is 1. The summed E-state index contributed by atoms with van der Waals surface area (Å²) in [4.78, 5) is 3.87. The van der Waals surface area contributed by atoms with Crippen LogP contribution in [-0.4, -0.2) is 21.4 Å². The van der Waals surface area contributed by atoms with Gasteiger partial charge in [0.2, 0.25) is 5.95 Å². The highest BCUT2D eigenvalue weighted by Gasteiger charge is 1.99. The van der Waals surface area contributed by atoms with E-state index in [0.717, 1.165) is 11.3 Å². The molecule has 2 aromatic rings. The van der Waals surface area contributed by atoms with Crippen LogP contribution in [0.1, 0.15) is 12.5 Å². The average Bonchev–Trinajstić information content (AvgIpc) is 2.65. The fourth-order valence-corrected chi connectivity index (χ4v) is 1.47. The summed E-state index contributed by atoms with van der Waals surface area (Å²) in [5.74, 6) is 1.16. The Morgan fingerprint density at radius 3 is 3.00 bits per heavy atom. The number of nitrogen functional groups attached to an aromatic ring is 1. The molecule has 84 valence electrons. The van der Waals surface area contributed by atoms with Crippen molar-refractivity contribution in [3.63, 3.8) is 0 Å². The van der Waals surface area contributed by atoms with Gasteiger partial charge in [-0.2, -0.15) is 0 Å². The van der Waals surface area contributed by atoms with Crippen molar-refractivity contribution in [2.24, 2.45) is 0 Å².